The van der Waals surface area contributed by atoms with E-state index in [-0.39, 0.29) is 6.54 Å². The summed E-state index contributed by atoms with van der Waals surface area (Å²) in [5, 5.41) is 7.03. The Labute approximate surface area is 115 Å². The van der Waals surface area contributed by atoms with E-state index in [2.05, 4.69) is 20.1 Å². The van der Waals surface area contributed by atoms with E-state index in [1.54, 1.807) is 13.8 Å². The Kier molecular flexibility index (Phi) is 4.34. The van der Waals surface area contributed by atoms with E-state index < -0.39 is 36.4 Å². The first-order valence-electron chi connectivity index (χ1n) is 6.11. The molecule has 0 amide bonds. The van der Waals surface area contributed by atoms with Crippen LogP contribution < -0.4 is 0 Å². The van der Waals surface area contributed by atoms with Crippen LogP contribution in [0.1, 0.15) is 13.8 Å². The van der Waals surface area contributed by atoms with Crippen LogP contribution in [0.3, 0.4) is 0 Å². The van der Waals surface area contributed by atoms with Crippen molar-refractivity contribution in [1.29, 1.82) is 0 Å². The molecule has 2 saturated heterocycles. The van der Waals surface area contributed by atoms with Crippen molar-refractivity contribution in [2.75, 3.05) is 13.7 Å². The summed E-state index contributed by atoms with van der Waals surface area (Å²) < 4.78 is 22.4. The first-order valence-corrected chi connectivity index (χ1v) is 6.11. The number of fused-ring (bicyclic) bond motifs is 1. The molecule has 0 unspecified atom stereocenters. The highest BCUT2D eigenvalue weighted by atomic mass is 16.8. The smallest absolute Gasteiger partial charge is 0.190 e. The van der Waals surface area contributed by atoms with E-state index >= 15 is 0 Å². The van der Waals surface area contributed by atoms with E-state index in [1.807, 2.05) is 0 Å². The van der Waals surface area contributed by atoms with Crippen LogP contribution in [0.15, 0.2) is 10.2 Å². The van der Waals surface area contributed by atoms with Gasteiger partial charge in [0.2, 0.25) is 0 Å². The predicted molar refractivity (Wildman–Crippen MR) is 66.4 cm³/mol. The van der Waals surface area contributed by atoms with Gasteiger partial charge in [0.05, 0.1) is 12.1 Å². The minimum absolute atomic E-state index is 0.0199. The number of methoxy groups -OCH3 is 1. The summed E-state index contributed by atoms with van der Waals surface area (Å²) in [4.78, 5) is 5.41. The molecule has 2 aliphatic heterocycles. The number of ether oxygens (including phenoxy) is 4. The molecule has 0 bridgehead atoms. The minimum Gasteiger partial charge on any atom is -0.376 e. The van der Waals surface area contributed by atoms with Gasteiger partial charge < -0.3 is 18.9 Å². The van der Waals surface area contributed by atoms with Gasteiger partial charge in [-0.2, -0.15) is 0 Å². The number of azide groups is 2. The lowest BCUT2D eigenvalue weighted by Crippen LogP contribution is -2.42. The summed E-state index contributed by atoms with van der Waals surface area (Å²) in [6.45, 7) is 3.54. The third-order valence-corrected chi connectivity index (χ3v) is 3.21. The summed E-state index contributed by atoms with van der Waals surface area (Å²) in [5.74, 6) is -0.754. The zero-order chi connectivity index (χ0) is 14.8. The Hall–Kier alpha value is -1.54. The van der Waals surface area contributed by atoms with Gasteiger partial charge in [0.15, 0.2) is 12.1 Å². The second-order valence-electron chi connectivity index (χ2n) is 4.96. The molecule has 0 aromatic rings. The van der Waals surface area contributed by atoms with Crippen molar-refractivity contribution in [2.24, 2.45) is 10.2 Å². The third kappa shape index (κ3) is 2.80. The van der Waals surface area contributed by atoms with Gasteiger partial charge in [-0.05, 0) is 24.9 Å². The van der Waals surface area contributed by atoms with Crippen molar-refractivity contribution in [2.45, 2.75) is 50.3 Å². The van der Waals surface area contributed by atoms with Crippen molar-refractivity contribution in [1.82, 2.24) is 0 Å². The van der Waals surface area contributed by atoms with Crippen LogP contribution in [0.4, 0.5) is 0 Å². The molecule has 2 rings (SSSR count). The highest BCUT2D eigenvalue weighted by Gasteiger charge is 2.56. The van der Waals surface area contributed by atoms with Gasteiger partial charge in [-0.3, -0.25) is 0 Å². The van der Waals surface area contributed by atoms with Gasteiger partial charge in [0.1, 0.15) is 12.2 Å². The molecule has 0 aromatic carbocycles. The van der Waals surface area contributed by atoms with Gasteiger partial charge in [-0.1, -0.05) is 10.2 Å². The fourth-order valence-electron chi connectivity index (χ4n) is 2.47. The van der Waals surface area contributed by atoms with Gasteiger partial charge in [-0.15, -0.1) is 0 Å². The number of nitrogens with zero attached hydrogens (tertiary/aromatic N) is 6. The number of hydrogen-bond acceptors (Lipinski definition) is 6. The summed E-state index contributed by atoms with van der Waals surface area (Å²) in [5.41, 5.74) is 17.0. The monoisotopic (exact) mass is 284 g/mol. The molecule has 0 saturated carbocycles. The highest BCUT2D eigenvalue weighted by Crippen LogP contribution is 2.39. The maximum Gasteiger partial charge on any atom is 0.190 e. The standard InChI is InChI=1S/C10H16N6O4/c1-10(2)19-8-7(17-3)6(18-9(8)20-10)5(14-16-12)4-13-15-11/h5-9H,4H2,1-3H3/t5-,6-,7+,8-,9-/m1/s1. The molecular formula is C10H16N6O4. The molecule has 0 aromatic heterocycles. The lowest BCUT2D eigenvalue weighted by atomic mass is 10.0. The average molecular weight is 284 g/mol. The predicted octanol–water partition coefficient (Wildman–Crippen LogP) is 1.87. The number of rotatable bonds is 5. The zero-order valence-electron chi connectivity index (χ0n) is 11.4. The molecule has 0 aliphatic carbocycles. The quantitative estimate of drug-likeness (QED) is 0.432. The summed E-state index contributed by atoms with van der Waals surface area (Å²) >= 11 is 0. The van der Waals surface area contributed by atoms with Crippen molar-refractivity contribution < 1.29 is 18.9 Å². The van der Waals surface area contributed by atoms with Crippen molar-refractivity contribution >= 4 is 0 Å². The molecule has 5 atom stereocenters. The van der Waals surface area contributed by atoms with Gasteiger partial charge in [-0.25, -0.2) is 0 Å². The maximum atomic E-state index is 8.61. The Morgan fingerprint density at radius 2 is 2.05 bits per heavy atom. The van der Waals surface area contributed by atoms with Gasteiger partial charge in [0, 0.05) is 23.5 Å². The Balaban J connectivity index is 2.16. The van der Waals surface area contributed by atoms with E-state index in [1.165, 1.54) is 7.11 Å². The Morgan fingerprint density at radius 3 is 2.65 bits per heavy atom. The summed E-state index contributed by atoms with van der Waals surface area (Å²) in [6, 6.07) is -0.679. The van der Waals surface area contributed by atoms with Crippen LogP contribution in [0.5, 0.6) is 0 Å². The molecule has 0 N–H and O–H groups in total. The van der Waals surface area contributed by atoms with Crippen LogP contribution >= 0.6 is 0 Å². The molecule has 0 spiro atoms. The van der Waals surface area contributed by atoms with E-state index in [0.29, 0.717) is 0 Å². The SMILES string of the molecule is CO[C@@H]1[C@H]2OC(C)(C)O[C@H]2O[C@@H]1[C@@H](CN=[N+]=[N-])N=[N+]=[N-]. The normalized spacial score (nSPS) is 35.8. The van der Waals surface area contributed by atoms with Crippen molar-refractivity contribution in [3.8, 4) is 0 Å². The Bertz CT molecular complexity index is 459. The molecular weight excluding hydrogens is 268 g/mol. The molecule has 2 aliphatic rings. The number of hydrogen-bond donors (Lipinski definition) is 0. The van der Waals surface area contributed by atoms with Gasteiger partial charge in [0.25, 0.3) is 0 Å². The van der Waals surface area contributed by atoms with Crippen LogP contribution in [0.25, 0.3) is 20.9 Å². The molecule has 10 nitrogen and oxygen atoms in total. The molecule has 0 radical (unpaired) electrons. The largest absolute Gasteiger partial charge is 0.376 e. The fraction of sp³-hybridized carbons (Fsp3) is 1.00. The second-order valence-corrected chi connectivity index (χ2v) is 4.96. The third-order valence-electron chi connectivity index (χ3n) is 3.21. The second kappa shape index (κ2) is 5.84. The zero-order valence-corrected chi connectivity index (χ0v) is 11.4. The molecule has 2 fully saturated rings. The van der Waals surface area contributed by atoms with Crippen LogP contribution in [0.2, 0.25) is 0 Å². The molecule has 110 valence electrons. The first kappa shape index (κ1) is 14.9. The van der Waals surface area contributed by atoms with Crippen LogP contribution in [-0.2, 0) is 18.9 Å². The molecule has 20 heavy (non-hydrogen) atoms. The van der Waals surface area contributed by atoms with Crippen LogP contribution in [-0.4, -0.2) is 50.1 Å². The van der Waals surface area contributed by atoms with Crippen molar-refractivity contribution in [3.05, 3.63) is 20.9 Å². The summed E-state index contributed by atoms with van der Waals surface area (Å²) in [6.07, 6.45) is -2.07. The van der Waals surface area contributed by atoms with Crippen molar-refractivity contribution in [3.63, 3.8) is 0 Å². The average Bonchev–Trinajstić information content (AvgIpc) is 2.85. The molecule has 10 heteroatoms. The summed E-state index contributed by atoms with van der Waals surface area (Å²) in [7, 11) is 1.51. The molecule has 2 heterocycles. The Morgan fingerprint density at radius 1 is 1.30 bits per heavy atom. The van der Waals surface area contributed by atoms with Crippen LogP contribution in [0, 0.1) is 0 Å². The topological polar surface area (TPSA) is 134 Å². The lowest BCUT2D eigenvalue weighted by molar-refractivity contribution is -0.218. The minimum atomic E-state index is -0.754. The van der Waals surface area contributed by atoms with Gasteiger partial charge >= 0.3 is 0 Å². The van der Waals surface area contributed by atoms with E-state index in [0.717, 1.165) is 0 Å². The first-order chi connectivity index (χ1) is 9.52. The fourth-order valence-corrected chi connectivity index (χ4v) is 2.47. The lowest BCUT2D eigenvalue weighted by Gasteiger charge is -2.27. The highest BCUT2D eigenvalue weighted by molar-refractivity contribution is 4.99. The van der Waals surface area contributed by atoms with E-state index in [9.17, 15) is 0 Å². The maximum absolute atomic E-state index is 8.61. The van der Waals surface area contributed by atoms with E-state index in [4.69, 9.17) is 30.0 Å².